The monoisotopic (exact) mass is 254 g/mol. The molecule has 0 fully saturated rings. The molecule has 0 aromatic heterocycles. The van der Waals surface area contributed by atoms with Gasteiger partial charge in [0, 0.05) is 26.0 Å². The zero-order valence-corrected chi connectivity index (χ0v) is 10.4. The number of rotatable bonds is 4. The molecule has 1 rings (SSSR count). The molecule has 0 aromatic rings. The van der Waals surface area contributed by atoms with Crippen LogP contribution < -0.4 is 14.0 Å². The Morgan fingerprint density at radius 2 is 1.81 bits per heavy atom. The fourth-order valence-corrected chi connectivity index (χ4v) is 1.30. The molecule has 0 amide bonds. The predicted molar refractivity (Wildman–Crippen MR) is 50.2 cm³/mol. The molecule has 6 nitrogen and oxygen atoms in total. The van der Waals surface area contributed by atoms with Gasteiger partial charge in [0.15, 0.2) is 0 Å². The van der Waals surface area contributed by atoms with Gasteiger partial charge in [-0.05, 0) is 6.42 Å². The fraction of sp³-hybridized carbons (Fsp3) is 0.778. The molecule has 0 saturated heterocycles. The van der Waals surface area contributed by atoms with Crippen molar-refractivity contribution in [3.63, 3.8) is 0 Å². The first kappa shape index (κ1) is 15.5. The van der Waals surface area contributed by atoms with Crippen LogP contribution in [0.1, 0.15) is 26.2 Å². The summed E-state index contributed by atoms with van der Waals surface area (Å²) in [7, 11) is -2.59. The normalized spacial score (nSPS) is 15.1. The van der Waals surface area contributed by atoms with Gasteiger partial charge in [-0.15, -0.1) is 0 Å². The zero-order chi connectivity index (χ0) is 12.6. The lowest BCUT2D eigenvalue weighted by atomic mass is 10.2. The van der Waals surface area contributed by atoms with E-state index in [4.69, 9.17) is 18.6 Å². The molecular formula is C9H19ClN2O4. The van der Waals surface area contributed by atoms with Crippen molar-refractivity contribution in [2.45, 2.75) is 26.2 Å². The number of unbranched alkanes of at least 4 members (excludes halogenated alkanes) is 2. The molecule has 0 aromatic carbocycles. The van der Waals surface area contributed by atoms with Gasteiger partial charge in [-0.25, -0.2) is 0 Å². The largest absolute Gasteiger partial charge is 0.362 e. The second-order valence-corrected chi connectivity index (χ2v) is 4.40. The molecule has 1 N–H and O–H groups in total. The lowest BCUT2D eigenvalue weighted by Gasteiger charge is -2.17. The van der Waals surface area contributed by atoms with Crippen molar-refractivity contribution in [2.75, 3.05) is 20.3 Å². The molecule has 0 aliphatic carbocycles. The van der Waals surface area contributed by atoms with Crippen LogP contribution in [0.25, 0.3) is 0 Å². The average molecular weight is 255 g/mol. The van der Waals surface area contributed by atoms with E-state index in [1.54, 1.807) is 0 Å². The first-order valence-corrected chi connectivity index (χ1v) is 6.35. The first-order valence-electron chi connectivity index (χ1n) is 5.08. The summed E-state index contributed by atoms with van der Waals surface area (Å²) in [5.74, 6) is 0. The minimum atomic E-state index is -4.69. The summed E-state index contributed by atoms with van der Waals surface area (Å²) in [6.45, 7) is 4.53. The molecule has 96 valence electrons. The minimum Gasteiger partial charge on any atom is -0.362 e. The smallest absolute Gasteiger partial charge is 0.0890 e. The predicted octanol–water partition coefficient (Wildman–Crippen LogP) is -2.27. The van der Waals surface area contributed by atoms with Gasteiger partial charge in [-0.3, -0.25) is 0 Å². The Morgan fingerprint density at radius 3 is 2.19 bits per heavy atom. The quantitative estimate of drug-likeness (QED) is 0.569. The van der Waals surface area contributed by atoms with E-state index in [1.807, 2.05) is 0 Å². The molecule has 1 aliphatic heterocycles. The van der Waals surface area contributed by atoms with E-state index in [9.17, 15) is 0 Å². The van der Waals surface area contributed by atoms with Crippen LogP contribution in [0.2, 0.25) is 0 Å². The third-order valence-electron chi connectivity index (χ3n) is 1.99. The third kappa shape index (κ3) is 11.5. The van der Waals surface area contributed by atoms with Crippen LogP contribution in [-0.2, 0) is 0 Å². The molecule has 1 heterocycles. The molecule has 7 heteroatoms. The maximum Gasteiger partial charge on any atom is 0.0890 e. The second-order valence-electron chi connectivity index (χ2n) is 3.61. The van der Waals surface area contributed by atoms with Gasteiger partial charge in [0.25, 0.3) is 0 Å². The van der Waals surface area contributed by atoms with Gasteiger partial charge in [-0.2, -0.15) is 14.0 Å². The topological polar surface area (TPSA) is 95.9 Å². The second kappa shape index (κ2) is 7.70. The van der Waals surface area contributed by atoms with Crippen LogP contribution >= 0.6 is 0 Å². The van der Waals surface area contributed by atoms with Gasteiger partial charge in [0.1, 0.15) is 0 Å². The third-order valence-corrected chi connectivity index (χ3v) is 1.99. The number of nitrogens with zero attached hydrogens (tertiary/aromatic N) is 2. The van der Waals surface area contributed by atoms with Crippen molar-refractivity contribution >= 4 is 0 Å². The molecule has 0 atom stereocenters. The van der Waals surface area contributed by atoms with Gasteiger partial charge >= 0.3 is 0 Å². The minimum absolute atomic E-state index is 1.07. The van der Waals surface area contributed by atoms with Crippen molar-refractivity contribution in [3.05, 3.63) is 12.4 Å². The standard InChI is InChI=1S/C9H18N2.ClHO4/c1-3-4-5-6-11-8-7-10(2)9-11;2-1(3,4)5/h7-8H,3-6,9H2,1-2H3;(H,2,3,4,5). The zero-order valence-electron chi connectivity index (χ0n) is 9.63. The Bertz CT molecular complexity index is 202. The maximum atomic E-state index is 8.60. The molecule has 1 aliphatic rings. The van der Waals surface area contributed by atoms with Crippen molar-refractivity contribution < 1.29 is 28.9 Å². The molecule has 0 bridgehead atoms. The van der Waals surface area contributed by atoms with E-state index >= 15 is 0 Å². The lowest BCUT2D eigenvalue weighted by Crippen LogP contribution is -2.58. The van der Waals surface area contributed by atoms with E-state index < -0.39 is 10.2 Å². The summed E-state index contributed by atoms with van der Waals surface area (Å²) in [6.07, 6.45) is 8.30. The fourth-order valence-electron chi connectivity index (χ4n) is 1.30. The Morgan fingerprint density at radius 1 is 1.25 bits per heavy atom. The maximum absolute atomic E-state index is 8.60. The van der Waals surface area contributed by atoms with Crippen LogP contribution in [0, 0.1) is 10.2 Å². The molecule has 0 radical (unpaired) electrons. The van der Waals surface area contributed by atoms with Crippen LogP contribution in [0.4, 0.5) is 0 Å². The average Bonchev–Trinajstić information content (AvgIpc) is 2.49. The van der Waals surface area contributed by atoms with Crippen molar-refractivity contribution in [1.82, 2.24) is 9.80 Å². The summed E-state index contributed by atoms with van der Waals surface area (Å²) in [5.41, 5.74) is 0. The van der Waals surface area contributed by atoms with Crippen molar-refractivity contribution in [2.24, 2.45) is 0 Å². The van der Waals surface area contributed by atoms with Gasteiger partial charge in [0.2, 0.25) is 0 Å². The Balaban J connectivity index is 0.000000385. The Hall–Kier alpha value is -0.530. The molecule has 0 saturated carbocycles. The van der Waals surface area contributed by atoms with Crippen molar-refractivity contribution in [1.29, 1.82) is 0 Å². The Labute approximate surface area is 98.1 Å². The summed E-state index contributed by atoms with van der Waals surface area (Å²) >= 11 is 0. The lowest BCUT2D eigenvalue weighted by molar-refractivity contribution is -1.92. The van der Waals surface area contributed by atoms with E-state index in [-0.39, 0.29) is 0 Å². The highest BCUT2D eigenvalue weighted by atomic mass is 35.7. The van der Waals surface area contributed by atoms with E-state index in [2.05, 4.69) is 36.2 Å². The number of hydrogen-bond acceptors (Lipinski definition) is 6. The summed E-state index contributed by atoms with van der Waals surface area (Å²) in [6, 6.07) is 0. The van der Waals surface area contributed by atoms with E-state index in [1.165, 1.54) is 25.8 Å². The van der Waals surface area contributed by atoms with Gasteiger partial charge in [0.05, 0.1) is 21.6 Å². The summed E-state index contributed by atoms with van der Waals surface area (Å²) in [5, 5.41) is 0. The van der Waals surface area contributed by atoms with E-state index in [0.717, 1.165) is 6.67 Å². The van der Waals surface area contributed by atoms with Crippen LogP contribution in [0.3, 0.4) is 0 Å². The first-order chi connectivity index (χ1) is 7.33. The SMILES string of the molecule is CCCCCN1C=CN(C)C1.[O-][Cl+3]([O-])([O-])O. The molecular weight excluding hydrogens is 236 g/mol. The van der Waals surface area contributed by atoms with Crippen LogP contribution in [-0.4, -0.2) is 34.7 Å². The highest BCUT2D eigenvalue weighted by Gasteiger charge is 2.06. The van der Waals surface area contributed by atoms with E-state index in [0.29, 0.717) is 0 Å². The van der Waals surface area contributed by atoms with Crippen molar-refractivity contribution in [3.8, 4) is 0 Å². The molecule has 16 heavy (non-hydrogen) atoms. The highest BCUT2D eigenvalue weighted by Crippen LogP contribution is 2.05. The number of halogens is 1. The van der Waals surface area contributed by atoms with Crippen LogP contribution in [0.15, 0.2) is 12.4 Å². The summed E-state index contributed by atoms with van der Waals surface area (Å²) in [4.78, 5) is 4.56. The molecule has 0 unspecified atom stereocenters. The number of hydrogen-bond donors (Lipinski definition) is 1. The van der Waals surface area contributed by atoms with Gasteiger partial charge < -0.3 is 9.80 Å². The molecule has 0 spiro atoms. The highest BCUT2D eigenvalue weighted by molar-refractivity contribution is 4.88. The van der Waals surface area contributed by atoms with Crippen LogP contribution in [0.5, 0.6) is 0 Å². The Kier molecular flexibility index (Phi) is 7.44. The summed E-state index contributed by atoms with van der Waals surface area (Å²) < 4.78 is 32.7. The van der Waals surface area contributed by atoms with Gasteiger partial charge in [-0.1, -0.05) is 19.8 Å².